The van der Waals surface area contributed by atoms with Gasteiger partial charge >= 0.3 is 6.09 Å². The van der Waals surface area contributed by atoms with E-state index in [1.807, 2.05) is 46.2 Å². The van der Waals surface area contributed by atoms with Crippen molar-refractivity contribution >= 4 is 28.5 Å². The van der Waals surface area contributed by atoms with E-state index in [0.717, 1.165) is 37.7 Å². The van der Waals surface area contributed by atoms with E-state index in [4.69, 9.17) is 10.5 Å². The Morgan fingerprint density at radius 3 is 2.57 bits per heavy atom. The summed E-state index contributed by atoms with van der Waals surface area (Å²) in [4.78, 5) is 27.3. The van der Waals surface area contributed by atoms with Crippen LogP contribution >= 0.6 is 11.3 Å². The van der Waals surface area contributed by atoms with E-state index in [1.165, 1.54) is 0 Å². The lowest BCUT2D eigenvalue weighted by atomic mass is 10.2. The fourth-order valence-corrected chi connectivity index (χ4v) is 3.61. The molecule has 0 spiro atoms. The summed E-state index contributed by atoms with van der Waals surface area (Å²) >= 11 is 1.66. The number of thiazole rings is 1. The standard InChI is InChI=1S/C19H34N6O2S/c1-15(2)25(18(26)27-19(3,4)5)9-6-7-21-16(20)23-10-12-24(13-11-23)17-22-8-14-28-17/h8,14-15H,6-7,9-13H2,1-5H3,(H2,20,21). The van der Waals surface area contributed by atoms with Gasteiger partial charge < -0.3 is 25.2 Å². The van der Waals surface area contributed by atoms with E-state index >= 15 is 0 Å². The Labute approximate surface area is 172 Å². The Bertz CT molecular complexity index is 633. The zero-order valence-electron chi connectivity index (χ0n) is 17.7. The monoisotopic (exact) mass is 410 g/mol. The first-order valence-corrected chi connectivity index (χ1v) is 10.7. The Kier molecular flexibility index (Phi) is 7.91. The summed E-state index contributed by atoms with van der Waals surface area (Å²) in [6.45, 7) is 14.3. The molecule has 0 aliphatic carbocycles. The van der Waals surface area contributed by atoms with Gasteiger partial charge in [-0.25, -0.2) is 9.78 Å². The summed E-state index contributed by atoms with van der Waals surface area (Å²) in [7, 11) is 0. The minimum absolute atomic E-state index is 0.0788. The molecule has 28 heavy (non-hydrogen) atoms. The van der Waals surface area contributed by atoms with Crippen LogP contribution in [0.1, 0.15) is 41.0 Å². The van der Waals surface area contributed by atoms with E-state index < -0.39 is 5.60 Å². The van der Waals surface area contributed by atoms with Crippen molar-refractivity contribution in [3.05, 3.63) is 11.6 Å². The van der Waals surface area contributed by atoms with Crippen molar-refractivity contribution < 1.29 is 9.53 Å². The lowest BCUT2D eigenvalue weighted by molar-refractivity contribution is 0.0190. The number of aliphatic imine (C=N–C) groups is 1. The number of hydrogen-bond donors (Lipinski definition) is 1. The van der Waals surface area contributed by atoms with Crippen LogP contribution in [0, 0.1) is 0 Å². The number of carbonyl (C=O) groups is 1. The van der Waals surface area contributed by atoms with Gasteiger partial charge in [-0.3, -0.25) is 4.99 Å². The number of ether oxygens (including phenoxy) is 1. The molecule has 1 aromatic heterocycles. The molecule has 8 nitrogen and oxygen atoms in total. The smallest absolute Gasteiger partial charge is 0.410 e. The van der Waals surface area contributed by atoms with Gasteiger partial charge in [0.25, 0.3) is 0 Å². The molecule has 9 heteroatoms. The molecule has 1 aliphatic heterocycles. The molecular weight excluding hydrogens is 376 g/mol. The molecule has 1 aliphatic rings. The second kappa shape index (κ2) is 9.95. The van der Waals surface area contributed by atoms with E-state index in [2.05, 4.69) is 19.8 Å². The number of anilines is 1. The lowest BCUT2D eigenvalue weighted by Gasteiger charge is -2.35. The topological polar surface area (TPSA) is 87.3 Å². The van der Waals surface area contributed by atoms with Gasteiger partial charge in [-0.1, -0.05) is 0 Å². The fourth-order valence-electron chi connectivity index (χ4n) is 2.91. The average molecular weight is 411 g/mol. The normalized spacial score (nSPS) is 15.9. The molecule has 0 atom stereocenters. The first-order valence-electron chi connectivity index (χ1n) is 9.86. The summed E-state index contributed by atoms with van der Waals surface area (Å²) < 4.78 is 5.48. The molecule has 2 N–H and O–H groups in total. The second-order valence-electron chi connectivity index (χ2n) is 8.15. The van der Waals surface area contributed by atoms with Gasteiger partial charge in [-0.2, -0.15) is 0 Å². The number of piperazine rings is 1. The third-order valence-electron chi connectivity index (χ3n) is 4.38. The van der Waals surface area contributed by atoms with Crippen molar-refractivity contribution in [2.75, 3.05) is 44.2 Å². The SMILES string of the molecule is CC(C)N(CCCN=C(N)N1CCN(c2nccs2)CC1)C(=O)OC(C)(C)C. The summed E-state index contributed by atoms with van der Waals surface area (Å²) in [6, 6.07) is 0.0788. The highest BCUT2D eigenvalue weighted by atomic mass is 32.1. The van der Waals surface area contributed by atoms with Gasteiger partial charge in [0.2, 0.25) is 0 Å². The minimum atomic E-state index is -0.492. The molecule has 158 valence electrons. The van der Waals surface area contributed by atoms with Crippen molar-refractivity contribution in [3.63, 3.8) is 0 Å². The molecule has 0 bridgehead atoms. The summed E-state index contributed by atoms with van der Waals surface area (Å²) in [5.74, 6) is 0.576. The van der Waals surface area contributed by atoms with Gasteiger partial charge in [-0.15, -0.1) is 11.3 Å². The van der Waals surface area contributed by atoms with Gasteiger partial charge in [0.1, 0.15) is 5.60 Å². The predicted molar refractivity (Wildman–Crippen MR) is 115 cm³/mol. The van der Waals surface area contributed by atoms with Crippen LogP contribution in [0.3, 0.4) is 0 Å². The van der Waals surface area contributed by atoms with Crippen LogP contribution in [0.25, 0.3) is 0 Å². The highest BCUT2D eigenvalue weighted by Gasteiger charge is 2.24. The Hall–Kier alpha value is -2.03. The Balaban J connectivity index is 1.76. The number of hydrogen-bond acceptors (Lipinski definition) is 6. The number of rotatable bonds is 6. The maximum atomic E-state index is 12.3. The lowest BCUT2D eigenvalue weighted by Crippen LogP contribution is -2.51. The zero-order chi connectivity index (χ0) is 20.7. The number of nitrogens with two attached hydrogens (primary N) is 1. The minimum Gasteiger partial charge on any atom is -0.444 e. The molecular formula is C19H34N6O2S. The third-order valence-corrected chi connectivity index (χ3v) is 5.21. The molecule has 1 saturated heterocycles. The highest BCUT2D eigenvalue weighted by molar-refractivity contribution is 7.13. The van der Waals surface area contributed by atoms with Crippen molar-refractivity contribution in [3.8, 4) is 0 Å². The van der Waals surface area contributed by atoms with Crippen molar-refractivity contribution in [1.82, 2.24) is 14.8 Å². The predicted octanol–water partition coefficient (Wildman–Crippen LogP) is 2.62. The molecule has 0 aromatic carbocycles. The average Bonchev–Trinajstić information content (AvgIpc) is 3.14. The molecule has 0 unspecified atom stereocenters. The molecule has 2 rings (SSSR count). The quantitative estimate of drug-likeness (QED) is 0.441. The van der Waals surface area contributed by atoms with Crippen LogP contribution in [0.5, 0.6) is 0 Å². The van der Waals surface area contributed by atoms with Gasteiger partial charge in [0.15, 0.2) is 11.1 Å². The first kappa shape index (κ1) is 22.3. The van der Waals surface area contributed by atoms with E-state index in [1.54, 1.807) is 16.2 Å². The maximum absolute atomic E-state index is 12.3. The highest BCUT2D eigenvalue weighted by Crippen LogP contribution is 2.18. The third kappa shape index (κ3) is 6.85. The van der Waals surface area contributed by atoms with Crippen LogP contribution in [0.15, 0.2) is 16.6 Å². The van der Waals surface area contributed by atoms with Crippen LogP contribution in [0.2, 0.25) is 0 Å². The Morgan fingerprint density at radius 1 is 1.36 bits per heavy atom. The second-order valence-corrected chi connectivity index (χ2v) is 9.02. The van der Waals surface area contributed by atoms with Crippen molar-refractivity contribution in [2.24, 2.45) is 10.7 Å². The molecule has 1 aromatic rings. The van der Waals surface area contributed by atoms with Gasteiger partial charge in [-0.05, 0) is 41.0 Å². The molecule has 0 saturated carbocycles. The van der Waals surface area contributed by atoms with Gasteiger partial charge in [0, 0.05) is 56.9 Å². The summed E-state index contributed by atoms with van der Waals surface area (Å²) in [6.07, 6.45) is 2.30. The van der Waals surface area contributed by atoms with Crippen LogP contribution in [0.4, 0.5) is 9.93 Å². The van der Waals surface area contributed by atoms with E-state index in [0.29, 0.717) is 19.0 Å². The van der Waals surface area contributed by atoms with Crippen LogP contribution < -0.4 is 10.6 Å². The number of nitrogens with zero attached hydrogens (tertiary/aromatic N) is 5. The zero-order valence-corrected chi connectivity index (χ0v) is 18.5. The molecule has 1 amide bonds. The van der Waals surface area contributed by atoms with E-state index in [9.17, 15) is 4.79 Å². The number of aromatic nitrogens is 1. The maximum Gasteiger partial charge on any atom is 0.410 e. The van der Waals surface area contributed by atoms with Crippen LogP contribution in [-0.4, -0.2) is 77.7 Å². The number of carbonyl (C=O) groups excluding carboxylic acids is 1. The Morgan fingerprint density at radius 2 is 2.04 bits per heavy atom. The number of amides is 1. The molecule has 1 fully saturated rings. The first-order chi connectivity index (χ1) is 13.2. The van der Waals surface area contributed by atoms with Crippen molar-refractivity contribution in [2.45, 2.75) is 52.7 Å². The van der Waals surface area contributed by atoms with Gasteiger partial charge in [0.05, 0.1) is 0 Å². The largest absolute Gasteiger partial charge is 0.444 e. The van der Waals surface area contributed by atoms with E-state index in [-0.39, 0.29) is 12.1 Å². The number of guanidine groups is 1. The molecule has 2 heterocycles. The van der Waals surface area contributed by atoms with Crippen molar-refractivity contribution in [1.29, 1.82) is 0 Å². The van der Waals surface area contributed by atoms with Crippen LogP contribution in [-0.2, 0) is 4.74 Å². The molecule has 0 radical (unpaired) electrons. The fraction of sp³-hybridized carbons (Fsp3) is 0.737. The summed E-state index contributed by atoms with van der Waals surface area (Å²) in [5, 5.41) is 3.06. The summed E-state index contributed by atoms with van der Waals surface area (Å²) in [5.41, 5.74) is 5.68.